The minimum atomic E-state index is 0.00556. The Morgan fingerprint density at radius 3 is 2.68 bits per heavy atom. The van der Waals surface area contributed by atoms with Gasteiger partial charge in [-0.05, 0) is 55.9 Å². The topological polar surface area (TPSA) is 70.2 Å². The van der Waals surface area contributed by atoms with Crippen molar-refractivity contribution in [3.05, 3.63) is 29.3 Å². The zero-order chi connectivity index (χ0) is 15.1. The van der Waals surface area contributed by atoms with Gasteiger partial charge in [0.2, 0.25) is 5.91 Å². The van der Waals surface area contributed by atoms with Crippen molar-refractivity contribution in [2.75, 3.05) is 5.32 Å². The van der Waals surface area contributed by atoms with Crippen LogP contribution in [0.1, 0.15) is 48.0 Å². The fourth-order valence-electron chi connectivity index (χ4n) is 3.97. The molecule has 5 heteroatoms. The summed E-state index contributed by atoms with van der Waals surface area (Å²) in [4.78, 5) is 23.9. The van der Waals surface area contributed by atoms with E-state index in [2.05, 4.69) is 16.0 Å². The summed E-state index contributed by atoms with van der Waals surface area (Å²) < 4.78 is 0. The van der Waals surface area contributed by atoms with Crippen LogP contribution in [0.5, 0.6) is 0 Å². The fourth-order valence-corrected chi connectivity index (χ4v) is 3.97. The third-order valence-electron chi connectivity index (χ3n) is 5.07. The molecule has 116 valence electrons. The fraction of sp³-hybridized carbons (Fsp3) is 0.529. The van der Waals surface area contributed by atoms with Gasteiger partial charge in [0.05, 0.1) is 0 Å². The van der Waals surface area contributed by atoms with Crippen molar-refractivity contribution in [1.82, 2.24) is 10.6 Å². The first-order valence-electron chi connectivity index (χ1n) is 8.17. The first-order chi connectivity index (χ1) is 10.7. The lowest BCUT2D eigenvalue weighted by atomic mass is 9.98. The standard InChI is InChI=1S/C17H21N3O2/c21-16-6-2-10-7-11(1-5-15(10)20-16)17(22)19-14-8-12-3-4-13(9-14)18-12/h1,5,7,12-14,18H,2-4,6,8-9H2,(H,19,22)(H,20,21). The van der Waals surface area contributed by atoms with Crippen LogP contribution in [0, 0.1) is 0 Å². The van der Waals surface area contributed by atoms with E-state index in [4.69, 9.17) is 0 Å². The Bertz CT molecular complexity index is 616. The van der Waals surface area contributed by atoms with Gasteiger partial charge in [0.25, 0.3) is 5.91 Å². The molecular weight excluding hydrogens is 278 g/mol. The molecule has 3 heterocycles. The molecule has 2 saturated heterocycles. The number of aryl methyl sites for hydroxylation is 1. The SMILES string of the molecule is O=C1CCc2cc(C(=O)NC3CC4CCC(C3)N4)ccc2N1. The van der Waals surface area contributed by atoms with E-state index in [1.807, 2.05) is 12.1 Å². The van der Waals surface area contributed by atoms with Gasteiger partial charge in [-0.1, -0.05) is 0 Å². The molecule has 22 heavy (non-hydrogen) atoms. The van der Waals surface area contributed by atoms with Gasteiger partial charge in [-0.15, -0.1) is 0 Å². The van der Waals surface area contributed by atoms with E-state index in [0.717, 1.165) is 24.1 Å². The molecule has 0 radical (unpaired) electrons. The summed E-state index contributed by atoms with van der Waals surface area (Å²) in [5.74, 6) is 0.0564. The van der Waals surface area contributed by atoms with Gasteiger partial charge in [0, 0.05) is 35.8 Å². The molecule has 0 aliphatic carbocycles. The average molecular weight is 299 g/mol. The second-order valence-corrected chi connectivity index (χ2v) is 6.70. The van der Waals surface area contributed by atoms with Gasteiger partial charge in [-0.3, -0.25) is 9.59 Å². The van der Waals surface area contributed by atoms with Crippen molar-refractivity contribution in [2.45, 2.75) is 56.7 Å². The maximum absolute atomic E-state index is 12.5. The molecule has 2 unspecified atom stereocenters. The summed E-state index contributed by atoms with van der Waals surface area (Å²) in [5, 5.41) is 9.62. The van der Waals surface area contributed by atoms with E-state index in [-0.39, 0.29) is 17.9 Å². The number of rotatable bonds is 2. The second-order valence-electron chi connectivity index (χ2n) is 6.70. The van der Waals surface area contributed by atoms with Crippen LogP contribution in [0.25, 0.3) is 0 Å². The number of piperidine rings is 1. The highest BCUT2D eigenvalue weighted by Gasteiger charge is 2.34. The van der Waals surface area contributed by atoms with Crippen LogP contribution in [-0.2, 0) is 11.2 Å². The number of benzene rings is 1. The van der Waals surface area contributed by atoms with Gasteiger partial charge >= 0.3 is 0 Å². The van der Waals surface area contributed by atoms with E-state index in [0.29, 0.717) is 30.5 Å². The summed E-state index contributed by atoms with van der Waals surface area (Å²) in [5.41, 5.74) is 2.59. The van der Waals surface area contributed by atoms with Crippen molar-refractivity contribution in [3.8, 4) is 0 Å². The van der Waals surface area contributed by atoms with E-state index in [9.17, 15) is 9.59 Å². The predicted molar refractivity (Wildman–Crippen MR) is 83.8 cm³/mol. The van der Waals surface area contributed by atoms with Gasteiger partial charge in [-0.25, -0.2) is 0 Å². The van der Waals surface area contributed by atoms with E-state index in [1.165, 1.54) is 12.8 Å². The van der Waals surface area contributed by atoms with Crippen LogP contribution >= 0.6 is 0 Å². The molecular formula is C17H21N3O2. The molecule has 2 bridgehead atoms. The maximum atomic E-state index is 12.5. The van der Waals surface area contributed by atoms with Crippen LogP contribution in [0.15, 0.2) is 18.2 Å². The highest BCUT2D eigenvalue weighted by molar-refractivity contribution is 5.98. The molecule has 2 amide bonds. The number of hydrogen-bond donors (Lipinski definition) is 3. The molecule has 2 atom stereocenters. The maximum Gasteiger partial charge on any atom is 0.251 e. The average Bonchev–Trinajstić information content (AvgIpc) is 2.85. The van der Waals surface area contributed by atoms with E-state index in [1.54, 1.807) is 6.07 Å². The Hall–Kier alpha value is -1.88. The monoisotopic (exact) mass is 299 g/mol. The lowest BCUT2D eigenvalue weighted by molar-refractivity contribution is -0.116. The van der Waals surface area contributed by atoms with Crippen molar-refractivity contribution in [3.63, 3.8) is 0 Å². The molecule has 5 nitrogen and oxygen atoms in total. The lowest BCUT2D eigenvalue weighted by Crippen LogP contribution is -2.48. The van der Waals surface area contributed by atoms with Crippen molar-refractivity contribution in [1.29, 1.82) is 0 Å². The number of hydrogen-bond acceptors (Lipinski definition) is 3. The normalized spacial score (nSPS) is 29.6. The van der Waals surface area contributed by atoms with Crippen molar-refractivity contribution < 1.29 is 9.59 Å². The summed E-state index contributed by atoms with van der Waals surface area (Å²) >= 11 is 0. The Balaban J connectivity index is 1.45. The quantitative estimate of drug-likeness (QED) is 0.776. The third kappa shape index (κ3) is 2.61. The van der Waals surface area contributed by atoms with E-state index >= 15 is 0 Å². The minimum Gasteiger partial charge on any atom is -0.349 e. The molecule has 0 spiro atoms. The Morgan fingerprint density at radius 1 is 1.14 bits per heavy atom. The van der Waals surface area contributed by atoms with E-state index < -0.39 is 0 Å². The van der Waals surface area contributed by atoms with Crippen LogP contribution in [0.4, 0.5) is 5.69 Å². The predicted octanol–water partition coefficient (Wildman–Crippen LogP) is 1.58. The number of anilines is 1. The largest absolute Gasteiger partial charge is 0.349 e. The zero-order valence-corrected chi connectivity index (χ0v) is 12.5. The first-order valence-corrected chi connectivity index (χ1v) is 8.17. The van der Waals surface area contributed by atoms with Crippen LogP contribution < -0.4 is 16.0 Å². The number of nitrogens with one attached hydrogen (secondary N) is 3. The van der Waals surface area contributed by atoms with Crippen LogP contribution in [-0.4, -0.2) is 29.9 Å². The third-order valence-corrected chi connectivity index (χ3v) is 5.07. The smallest absolute Gasteiger partial charge is 0.251 e. The highest BCUT2D eigenvalue weighted by Crippen LogP contribution is 2.27. The number of carbonyl (C=O) groups is 2. The summed E-state index contributed by atoms with van der Waals surface area (Å²) in [6.45, 7) is 0. The minimum absolute atomic E-state index is 0.00556. The summed E-state index contributed by atoms with van der Waals surface area (Å²) in [6, 6.07) is 6.98. The van der Waals surface area contributed by atoms with Gasteiger partial charge in [-0.2, -0.15) is 0 Å². The molecule has 4 rings (SSSR count). The molecule has 0 saturated carbocycles. The highest BCUT2D eigenvalue weighted by atomic mass is 16.2. The Kier molecular flexibility index (Phi) is 3.37. The molecule has 3 aliphatic heterocycles. The second kappa shape index (κ2) is 5.39. The first kappa shape index (κ1) is 13.8. The molecule has 1 aromatic rings. The number of carbonyl (C=O) groups excluding carboxylic acids is 2. The van der Waals surface area contributed by atoms with Crippen molar-refractivity contribution >= 4 is 17.5 Å². The summed E-state index contributed by atoms with van der Waals surface area (Å²) in [6.07, 6.45) is 5.73. The lowest BCUT2D eigenvalue weighted by Gasteiger charge is -2.29. The zero-order valence-electron chi connectivity index (χ0n) is 12.5. The number of fused-ring (bicyclic) bond motifs is 3. The van der Waals surface area contributed by atoms with Gasteiger partial charge < -0.3 is 16.0 Å². The number of amides is 2. The van der Waals surface area contributed by atoms with Gasteiger partial charge in [0.1, 0.15) is 0 Å². The molecule has 3 N–H and O–H groups in total. The van der Waals surface area contributed by atoms with Gasteiger partial charge in [0.15, 0.2) is 0 Å². The Labute approximate surface area is 129 Å². The summed E-state index contributed by atoms with van der Waals surface area (Å²) in [7, 11) is 0. The van der Waals surface area contributed by atoms with Crippen molar-refractivity contribution in [2.24, 2.45) is 0 Å². The van der Waals surface area contributed by atoms with Crippen LogP contribution in [0.3, 0.4) is 0 Å². The molecule has 3 aliphatic rings. The molecule has 2 fully saturated rings. The molecule has 0 aromatic heterocycles. The van der Waals surface area contributed by atoms with Crippen LogP contribution in [0.2, 0.25) is 0 Å². The Morgan fingerprint density at radius 2 is 1.91 bits per heavy atom. The molecule has 1 aromatic carbocycles.